The van der Waals surface area contributed by atoms with Crippen LogP contribution in [0.4, 0.5) is 5.69 Å². The van der Waals surface area contributed by atoms with Crippen LogP contribution < -0.4 is 21.5 Å². The van der Waals surface area contributed by atoms with E-state index in [0.29, 0.717) is 25.1 Å². The molecule has 0 unspecified atom stereocenters. The smallest absolute Gasteiger partial charge is 0.278 e. The molecule has 10 heteroatoms. The third kappa shape index (κ3) is 5.76. The second kappa shape index (κ2) is 10.8. The van der Waals surface area contributed by atoms with Crippen LogP contribution in [-0.2, 0) is 9.59 Å². The number of aryl methyl sites for hydroxylation is 1. The largest absolute Gasteiger partial charge is 0.361 e. The fourth-order valence-corrected chi connectivity index (χ4v) is 3.89. The lowest BCUT2D eigenvalue weighted by Crippen LogP contribution is -2.42. The average molecular weight is 456 g/mol. The number of hydrogen-bond acceptors (Lipinski definition) is 6. The summed E-state index contributed by atoms with van der Waals surface area (Å²) < 4.78 is 6.20. The molecule has 0 aromatic carbocycles. The Hall–Kier alpha value is -3.69. The maximum absolute atomic E-state index is 13.1. The molecule has 1 fully saturated rings. The molecule has 1 aliphatic heterocycles. The van der Waals surface area contributed by atoms with Crippen LogP contribution in [0.5, 0.6) is 0 Å². The SMILES string of the molecule is C/C=C/[C@H](C[C@@H]1CCNC1=O)NC(=O)[C@H](CC)n1cccc(NC(=O)c2cc(C)on2)c1=O. The van der Waals surface area contributed by atoms with Crippen molar-refractivity contribution < 1.29 is 18.9 Å². The van der Waals surface area contributed by atoms with Gasteiger partial charge in [-0.2, -0.15) is 0 Å². The Kier molecular flexibility index (Phi) is 7.81. The first-order valence-electron chi connectivity index (χ1n) is 11.0. The van der Waals surface area contributed by atoms with E-state index < -0.39 is 17.5 Å². The van der Waals surface area contributed by atoms with Gasteiger partial charge in [0.2, 0.25) is 11.8 Å². The molecule has 10 nitrogen and oxygen atoms in total. The van der Waals surface area contributed by atoms with Crippen molar-refractivity contribution in [3.05, 3.63) is 58.4 Å². The zero-order valence-electron chi connectivity index (χ0n) is 19.0. The quantitative estimate of drug-likeness (QED) is 0.495. The second-order valence-electron chi connectivity index (χ2n) is 7.99. The lowest BCUT2D eigenvalue weighted by molar-refractivity contribution is -0.126. The lowest BCUT2D eigenvalue weighted by Gasteiger charge is -2.23. The van der Waals surface area contributed by atoms with Gasteiger partial charge in [-0.25, -0.2) is 0 Å². The predicted molar refractivity (Wildman–Crippen MR) is 122 cm³/mol. The van der Waals surface area contributed by atoms with E-state index in [0.717, 1.165) is 6.42 Å². The summed E-state index contributed by atoms with van der Waals surface area (Å²) >= 11 is 0. The molecule has 1 saturated heterocycles. The number of aromatic nitrogens is 2. The Labute approximate surface area is 191 Å². The summed E-state index contributed by atoms with van der Waals surface area (Å²) in [5.41, 5.74) is -0.426. The van der Waals surface area contributed by atoms with Crippen LogP contribution in [0.15, 0.2) is 45.9 Å². The van der Waals surface area contributed by atoms with E-state index in [9.17, 15) is 19.2 Å². The zero-order chi connectivity index (χ0) is 24.0. The molecule has 3 atom stereocenters. The van der Waals surface area contributed by atoms with E-state index in [2.05, 4.69) is 21.1 Å². The fourth-order valence-electron chi connectivity index (χ4n) is 3.89. The topological polar surface area (TPSA) is 135 Å². The van der Waals surface area contributed by atoms with Gasteiger partial charge >= 0.3 is 0 Å². The van der Waals surface area contributed by atoms with Crippen molar-refractivity contribution in [2.24, 2.45) is 5.92 Å². The molecular weight excluding hydrogens is 426 g/mol. The summed E-state index contributed by atoms with van der Waals surface area (Å²) in [5, 5.41) is 11.9. The maximum Gasteiger partial charge on any atom is 0.278 e. The highest BCUT2D eigenvalue weighted by atomic mass is 16.5. The zero-order valence-corrected chi connectivity index (χ0v) is 19.0. The number of anilines is 1. The molecule has 3 heterocycles. The molecule has 0 radical (unpaired) electrons. The van der Waals surface area contributed by atoms with Crippen molar-refractivity contribution in [3.8, 4) is 0 Å². The van der Waals surface area contributed by atoms with Gasteiger partial charge in [0.05, 0.1) is 0 Å². The van der Waals surface area contributed by atoms with Crippen LogP contribution in [0.25, 0.3) is 0 Å². The molecule has 3 N–H and O–H groups in total. The molecule has 0 saturated carbocycles. The Balaban J connectivity index is 1.76. The summed E-state index contributed by atoms with van der Waals surface area (Å²) in [4.78, 5) is 50.5. The average Bonchev–Trinajstić information content (AvgIpc) is 3.39. The summed E-state index contributed by atoms with van der Waals surface area (Å²) in [6, 6.07) is 3.40. The minimum absolute atomic E-state index is 0.00670. The number of hydrogen-bond donors (Lipinski definition) is 3. The van der Waals surface area contributed by atoms with Crippen molar-refractivity contribution in [2.45, 2.75) is 52.1 Å². The summed E-state index contributed by atoms with van der Waals surface area (Å²) in [6.07, 6.45) is 6.76. The number of pyridine rings is 1. The standard InChI is InChI=1S/C23H29N5O5/c1-4-7-16(13-15-9-10-24-20(15)29)25-22(31)19(5-2)28-11-6-8-17(23(28)32)26-21(30)18-12-14(3)33-27-18/h4,6-8,11-12,15-16,19H,5,9-10,13H2,1-3H3,(H,24,29)(H,25,31)(H,26,30)/b7-4+/t15-,16+,19-/m0/s1. The first-order valence-corrected chi connectivity index (χ1v) is 11.0. The number of nitrogens with zero attached hydrogens (tertiary/aromatic N) is 2. The minimum Gasteiger partial charge on any atom is -0.361 e. The van der Waals surface area contributed by atoms with Crippen molar-refractivity contribution in [2.75, 3.05) is 11.9 Å². The minimum atomic E-state index is -0.784. The van der Waals surface area contributed by atoms with E-state index in [4.69, 9.17) is 4.52 Å². The molecule has 33 heavy (non-hydrogen) atoms. The highest BCUT2D eigenvalue weighted by Gasteiger charge is 2.29. The third-order valence-electron chi connectivity index (χ3n) is 5.56. The van der Waals surface area contributed by atoms with Gasteiger partial charge in [0, 0.05) is 30.8 Å². The van der Waals surface area contributed by atoms with Gasteiger partial charge in [0.25, 0.3) is 11.5 Å². The number of carbonyl (C=O) groups excluding carboxylic acids is 3. The molecule has 3 amide bonds. The van der Waals surface area contributed by atoms with E-state index in [1.54, 1.807) is 19.9 Å². The molecule has 176 valence electrons. The molecule has 1 aliphatic rings. The van der Waals surface area contributed by atoms with E-state index in [1.807, 2.05) is 19.1 Å². The van der Waals surface area contributed by atoms with Gasteiger partial charge in [-0.3, -0.25) is 19.2 Å². The highest BCUT2D eigenvalue weighted by Crippen LogP contribution is 2.18. The van der Waals surface area contributed by atoms with Gasteiger partial charge < -0.3 is 25.0 Å². The van der Waals surface area contributed by atoms with Gasteiger partial charge in [-0.1, -0.05) is 24.2 Å². The van der Waals surface area contributed by atoms with Crippen molar-refractivity contribution in [3.63, 3.8) is 0 Å². The molecule has 2 aromatic rings. The Morgan fingerprint density at radius 1 is 1.39 bits per heavy atom. The fraction of sp³-hybridized carbons (Fsp3) is 0.435. The maximum atomic E-state index is 13.1. The first-order chi connectivity index (χ1) is 15.8. The predicted octanol–water partition coefficient (Wildman–Crippen LogP) is 1.94. The highest BCUT2D eigenvalue weighted by molar-refractivity contribution is 6.02. The molecule has 3 rings (SSSR count). The molecule has 0 bridgehead atoms. The van der Waals surface area contributed by atoms with Gasteiger partial charge in [0.15, 0.2) is 5.69 Å². The second-order valence-corrected chi connectivity index (χ2v) is 7.99. The van der Waals surface area contributed by atoms with Gasteiger partial charge in [-0.15, -0.1) is 0 Å². The van der Waals surface area contributed by atoms with Crippen LogP contribution in [0.2, 0.25) is 0 Å². The van der Waals surface area contributed by atoms with Gasteiger partial charge in [-0.05, 0) is 45.2 Å². The molecule has 0 spiro atoms. The van der Waals surface area contributed by atoms with Crippen LogP contribution in [0.3, 0.4) is 0 Å². The summed E-state index contributed by atoms with van der Waals surface area (Å²) in [6.45, 7) is 5.94. The van der Waals surface area contributed by atoms with E-state index >= 15 is 0 Å². The van der Waals surface area contributed by atoms with Crippen molar-refractivity contribution in [1.82, 2.24) is 20.4 Å². The normalized spacial score (nSPS) is 17.5. The van der Waals surface area contributed by atoms with Crippen molar-refractivity contribution >= 4 is 23.4 Å². The monoisotopic (exact) mass is 455 g/mol. The number of allylic oxidation sites excluding steroid dienone is 1. The van der Waals surface area contributed by atoms with E-state index in [1.165, 1.54) is 22.9 Å². The molecule has 0 aliphatic carbocycles. The van der Waals surface area contributed by atoms with Crippen LogP contribution in [-0.4, -0.2) is 40.0 Å². The Bertz CT molecular complexity index is 1100. The van der Waals surface area contributed by atoms with E-state index in [-0.39, 0.29) is 35.2 Å². The lowest BCUT2D eigenvalue weighted by atomic mass is 9.97. The van der Waals surface area contributed by atoms with Crippen LogP contribution in [0.1, 0.15) is 55.4 Å². The molecular formula is C23H29N5O5. The molecule has 2 aromatic heterocycles. The van der Waals surface area contributed by atoms with Crippen LogP contribution in [0, 0.1) is 12.8 Å². The number of amides is 3. The van der Waals surface area contributed by atoms with Crippen LogP contribution >= 0.6 is 0 Å². The Morgan fingerprint density at radius 2 is 2.18 bits per heavy atom. The Morgan fingerprint density at radius 3 is 2.79 bits per heavy atom. The number of carbonyl (C=O) groups is 3. The summed E-state index contributed by atoms with van der Waals surface area (Å²) in [7, 11) is 0. The number of rotatable bonds is 9. The first kappa shape index (κ1) is 24.0. The van der Waals surface area contributed by atoms with Crippen molar-refractivity contribution in [1.29, 1.82) is 0 Å². The summed E-state index contributed by atoms with van der Waals surface area (Å²) in [5.74, 6) is -0.612. The third-order valence-corrected chi connectivity index (χ3v) is 5.56. The van der Waals surface area contributed by atoms with Gasteiger partial charge in [0.1, 0.15) is 17.5 Å². The number of nitrogens with one attached hydrogen (secondary N) is 3.